The molecule has 2 heterocycles. The third kappa shape index (κ3) is 3.48. The van der Waals surface area contributed by atoms with E-state index in [1.807, 2.05) is 17.7 Å². The Morgan fingerprint density at radius 1 is 1.36 bits per heavy atom. The largest absolute Gasteiger partial charge is 0.370 e. The van der Waals surface area contributed by atoms with Gasteiger partial charge < -0.3 is 10.6 Å². The van der Waals surface area contributed by atoms with Crippen molar-refractivity contribution in [2.75, 3.05) is 6.54 Å². The highest BCUT2D eigenvalue weighted by Gasteiger charge is 2.30. The summed E-state index contributed by atoms with van der Waals surface area (Å²) in [6.07, 6.45) is 3.04. The normalized spacial score (nSPS) is 19.3. The molecule has 1 aliphatic heterocycles. The third-order valence-electron chi connectivity index (χ3n) is 4.07. The van der Waals surface area contributed by atoms with Crippen LogP contribution in [0.2, 0.25) is 0 Å². The lowest BCUT2D eigenvalue weighted by atomic mass is 9.98. The number of likely N-dealkylation sites (tertiary alicyclic amines) is 1. The smallest absolute Gasteiger partial charge is 0.274 e. The van der Waals surface area contributed by atoms with Gasteiger partial charge in [-0.3, -0.25) is 14.3 Å². The minimum absolute atomic E-state index is 0.0983. The predicted octanol–water partition coefficient (Wildman–Crippen LogP) is 1.82. The van der Waals surface area contributed by atoms with Crippen LogP contribution < -0.4 is 5.73 Å². The number of rotatable bonds is 3. The number of primary amides is 1. The Bertz CT molecular complexity index is 571. The molecule has 0 aliphatic carbocycles. The van der Waals surface area contributed by atoms with Gasteiger partial charge in [0.15, 0.2) is 5.69 Å². The zero-order valence-corrected chi connectivity index (χ0v) is 13.9. The molecule has 2 rings (SSSR count). The maximum absolute atomic E-state index is 12.8. The molecule has 0 bridgehead atoms. The highest BCUT2D eigenvalue weighted by Crippen LogP contribution is 2.23. The molecule has 1 fully saturated rings. The maximum Gasteiger partial charge on any atom is 0.274 e. The van der Waals surface area contributed by atoms with E-state index in [9.17, 15) is 9.59 Å². The Kier molecular flexibility index (Phi) is 4.58. The van der Waals surface area contributed by atoms with E-state index >= 15 is 0 Å². The monoisotopic (exact) mass is 306 g/mol. The van der Waals surface area contributed by atoms with Crippen LogP contribution in [-0.2, 0) is 10.3 Å². The SMILES string of the molecule is Cc1cc(C(=O)N2CCCC[C@H]2CC(N)=O)nn1C(C)(C)C. The molecular weight excluding hydrogens is 280 g/mol. The first-order valence-electron chi connectivity index (χ1n) is 7.86. The van der Waals surface area contributed by atoms with E-state index in [2.05, 4.69) is 25.9 Å². The van der Waals surface area contributed by atoms with Crippen molar-refractivity contribution in [3.05, 3.63) is 17.5 Å². The van der Waals surface area contributed by atoms with Gasteiger partial charge in [0.1, 0.15) is 0 Å². The maximum atomic E-state index is 12.8. The molecule has 1 aromatic rings. The van der Waals surface area contributed by atoms with Crippen LogP contribution in [0.3, 0.4) is 0 Å². The fourth-order valence-electron chi connectivity index (χ4n) is 3.12. The minimum Gasteiger partial charge on any atom is -0.370 e. The molecule has 0 radical (unpaired) electrons. The van der Waals surface area contributed by atoms with Crippen LogP contribution >= 0.6 is 0 Å². The summed E-state index contributed by atoms with van der Waals surface area (Å²) in [5.41, 5.74) is 6.55. The molecule has 22 heavy (non-hydrogen) atoms. The average Bonchev–Trinajstić information content (AvgIpc) is 2.80. The zero-order valence-electron chi connectivity index (χ0n) is 13.9. The van der Waals surface area contributed by atoms with Gasteiger partial charge in [-0.2, -0.15) is 5.10 Å². The Hall–Kier alpha value is -1.85. The van der Waals surface area contributed by atoms with Crippen molar-refractivity contribution >= 4 is 11.8 Å². The number of carbonyl (C=O) groups is 2. The average molecular weight is 306 g/mol. The van der Waals surface area contributed by atoms with Gasteiger partial charge in [0.05, 0.1) is 5.54 Å². The van der Waals surface area contributed by atoms with E-state index in [4.69, 9.17) is 5.73 Å². The number of hydrogen-bond acceptors (Lipinski definition) is 3. The van der Waals surface area contributed by atoms with Crippen molar-refractivity contribution < 1.29 is 9.59 Å². The molecule has 1 atom stereocenters. The van der Waals surface area contributed by atoms with Crippen LogP contribution in [0.5, 0.6) is 0 Å². The molecule has 0 unspecified atom stereocenters. The number of carbonyl (C=O) groups excluding carboxylic acids is 2. The lowest BCUT2D eigenvalue weighted by Crippen LogP contribution is -2.45. The van der Waals surface area contributed by atoms with Gasteiger partial charge in [0.2, 0.25) is 5.91 Å². The molecular formula is C16H26N4O2. The van der Waals surface area contributed by atoms with Gasteiger partial charge in [-0.05, 0) is 53.0 Å². The van der Waals surface area contributed by atoms with Crippen LogP contribution in [0.25, 0.3) is 0 Å². The third-order valence-corrected chi connectivity index (χ3v) is 4.07. The number of nitrogens with zero attached hydrogens (tertiary/aromatic N) is 3. The molecule has 0 saturated carbocycles. The van der Waals surface area contributed by atoms with Crippen LogP contribution in [0.1, 0.15) is 62.6 Å². The van der Waals surface area contributed by atoms with Crippen LogP contribution in [0, 0.1) is 6.92 Å². The first-order valence-corrected chi connectivity index (χ1v) is 7.86. The molecule has 1 saturated heterocycles. The van der Waals surface area contributed by atoms with Crippen molar-refractivity contribution in [3.8, 4) is 0 Å². The topological polar surface area (TPSA) is 81.2 Å². The zero-order chi connectivity index (χ0) is 16.5. The molecule has 0 spiro atoms. The number of aromatic nitrogens is 2. The molecule has 0 aromatic carbocycles. The summed E-state index contributed by atoms with van der Waals surface area (Å²) in [6, 6.07) is 1.72. The summed E-state index contributed by atoms with van der Waals surface area (Å²) < 4.78 is 1.87. The first-order chi connectivity index (χ1) is 10.2. The van der Waals surface area contributed by atoms with Gasteiger partial charge in [-0.25, -0.2) is 0 Å². The Morgan fingerprint density at radius 2 is 2.05 bits per heavy atom. The van der Waals surface area contributed by atoms with E-state index in [1.54, 1.807) is 4.90 Å². The number of piperidine rings is 1. The summed E-state index contributed by atoms with van der Waals surface area (Å²) in [5, 5.41) is 4.48. The number of nitrogens with two attached hydrogens (primary N) is 1. The van der Waals surface area contributed by atoms with Gasteiger partial charge in [-0.1, -0.05) is 0 Å². The van der Waals surface area contributed by atoms with E-state index in [-0.39, 0.29) is 29.8 Å². The van der Waals surface area contributed by atoms with Crippen LogP contribution in [0.15, 0.2) is 6.07 Å². The molecule has 122 valence electrons. The molecule has 1 aliphatic rings. The van der Waals surface area contributed by atoms with E-state index in [0.29, 0.717) is 12.2 Å². The summed E-state index contributed by atoms with van der Waals surface area (Å²) in [4.78, 5) is 25.8. The second kappa shape index (κ2) is 6.10. The summed E-state index contributed by atoms with van der Waals surface area (Å²) in [6.45, 7) is 8.78. The summed E-state index contributed by atoms with van der Waals surface area (Å²) in [5.74, 6) is -0.460. The Balaban J connectivity index is 2.24. The quantitative estimate of drug-likeness (QED) is 0.924. The highest BCUT2D eigenvalue weighted by molar-refractivity contribution is 5.93. The highest BCUT2D eigenvalue weighted by atomic mass is 16.2. The molecule has 2 N–H and O–H groups in total. The van der Waals surface area contributed by atoms with E-state index in [1.165, 1.54) is 0 Å². The van der Waals surface area contributed by atoms with Gasteiger partial charge >= 0.3 is 0 Å². The van der Waals surface area contributed by atoms with Crippen LogP contribution in [-0.4, -0.2) is 39.1 Å². The minimum atomic E-state index is -0.360. The molecule has 1 aromatic heterocycles. The molecule has 6 heteroatoms. The first kappa shape index (κ1) is 16.5. The Labute approximate surface area is 131 Å². The number of aryl methyl sites for hydroxylation is 1. The fraction of sp³-hybridized carbons (Fsp3) is 0.688. The molecule has 6 nitrogen and oxygen atoms in total. The summed E-state index contributed by atoms with van der Waals surface area (Å²) in [7, 11) is 0. The van der Waals surface area contributed by atoms with E-state index in [0.717, 1.165) is 25.0 Å². The second-order valence-electron chi connectivity index (χ2n) is 7.07. The lowest BCUT2D eigenvalue weighted by Gasteiger charge is -2.34. The number of amides is 2. The standard InChI is InChI=1S/C16H26N4O2/c1-11-9-13(18-20(11)16(2,3)4)15(22)19-8-6-5-7-12(19)10-14(17)21/h9,12H,5-8,10H2,1-4H3,(H2,17,21)/t12-/m0/s1. The Morgan fingerprint density at radius 3 is 2.59 bits per heavy atom. The van der Waals surface area contributed by atoms with Crippen molar-refractivity contribution in [1.29, 1.82) is 0 Å². The van der Waals surface area contributed by atoms with Crippen molar-refractivity contribution in [2.45, 2.75) is 65.0 Å². The lowest BCUT2D eigenvalue weighted by molar-refractivity contribution is -0.119. The molecule has 2 amide bonds. The second-order valence-corrected chi connectivity index (χ2v) is 7.07. The van der Waals surface area contributed by atoms with Gasteiger partial charge in [-0.15, -0.1) is 0 Å². The summed E-state index contributed by atoms with van der Waals surface area (Å²) >= 11 is 0. The van der Waals surface area contributed by atoms with Crippen molar-refractivity contribution in [3.63, 3.8) is 0 Å². The van der Waals surface area contributed by atoms with Gasteiger partial charge in [0, 0.05) is 24.7 Å². The van der Waals surface area contributed by atoms with Crippen LogP contribution in [0.4, 0.5) is 0 Å². The van der Waals surface area contributed by atoms with Crippen molar-refractivity contribution in [2.24, 2.45) is 5.73 Å². The van der Waals surface area contributed by atoms with Gasteiger partial charge in [0.25, 0.3) is 5.91 Å². The predicted molar refractivity (Wildman–Crippen MR) is 84.4 cm³/mol. The van der Waals surface area contributed by atoms with Crippen molar-refractivity contribution in [1.82, 2.24) is 14.7 Å². The number of hydrogen-bond donors (Lipinski definition) is 1. The fourth-order valence-corrected chi connectivity index (χ4v) is 3.12. The van der Waals surface area contributed by atoms with E-state index < -0.39 is 0 Å².